The molecule has 2 unspecified atom stereocenters. The SMILES string of the molecule is [C-]#[N+]C(C)(C)c1ccc(OCC2(C3CCCC3)CC(=O)C(Cc3nc4nc(C)cc(C)n4n3)C(=O)O2)cc1F. The van der Waals surface area contributed by atoms with Crippen molar-refractivity contribution in [3.63, 3.8) is 0 Å². The van der Waals surface area contributed by atoms with Gasteiger partial charge >= 0.3 is 5.97 Å². The number of esters is 1. The number of aromatic nitrogens is 4. The van der Waals surface area contributed by atoms with Crippen molar-refractivity contribution in [2.45, 2.75) is 77.4 Å². The number of Topliss-reactive ketones (excluding diaryl/α,β-unsaturated/α-hetero) is 1. The second-order valence-corrected chi connectivity index (χ2v) is 11.2. The number of halogens is 1. The van der Waals surface area contributed by atoms with Crippen molar-refractivity contribution in [3.05, 3.63) is 64.3 Å². The average molecular weight is 534 g/mol. The molecule has 0 spiro atoms. The minimum Gasteiger partial charge on any atom is -0.489 e. The summed E-state index contributed by atoms with van der Waals surface area (Å²) in [5, 5.41) is 4.45. The van der Waals surface area contributed by atoms with Crippen LogP contribution < -0.4 is 4.74 Å². The van der Waals surface area contributed by atoms with Crippen LogP contribution in [0.15, 0.2) is 24.3 Å². The molecule has 204 valence electrons. The van der Waals surface area contributed by atoms with Crippen LogP contribution in [0.3, 0.4) is 0 Å². The van der Waals surface area contributed by atoms with Crippen molar-refractivity contribution in [1.29, 1.82) is 0 Å². The molecule has 1 aliphatic carbocycles. The number of hydrogen-bond acceptors (Lipinski definition) is 7. The Morgan fingerprint density at radius 3 is 2.62 bits per heavy atom. The number of cyclic esters (lactones) is 1. The zero-order valence-electron chi connectivity index (χ0n) is 22.7. The molecule has 0 amide bonds. The Hall–Kier alpha value is -3.87. The smallest absolute Gasteiger partial charge is 0.317 e. The lowest BCUT2D eigenvalue weighted by atomic mass is 9.77. The Balaban J connectivity index is 1.35. The number of rotatable bonds is 7. The fraction of sp³-hybridized carbons (Fsp3) is 0.517. The number of carbonyl (C=O) groups excluding carboxylic acids is 2. The maximum atomic E-state index is 14.8. The predicted molar refractivity (Wildman–Crippen MR) is 139 cm³/mol. The third-order valence-corrected chi connectivity index (χ3v) is 7.96. The van der Waals surface area contributed by atoms with E-state index in [0.29, 0.717) is 11.6 Å². The monoisotopic (exact) mass is 533 g/mol. The Labute approximate surface area is 226 Å². The topological polar surface area (TPSA) is 100 Å². The number of aryl methyl sites for hydroxylation is 2. The molecule has 39 heavy (non-hydrogen) atoms. The summed E-state index contributed by atoms with van der Waals surface area (Å²) in [5.74, 6) is -1.39. The number of ketones is 1. The molecular formula is C29H32FN5O4. The largest absolute Gasteiger partial charge is 0.489 e. The molecular weight excluding hydrogens is 501 g/mol. The summed E-state index contributed by atoms with van der Waals surface area (Å²) >= 11 is 0. The molecule has 0 radical (unpaired) electrons. The molecule has 2 aromatic heterocycles. The van der Waals surface area contributed by atoms with Crippen LogP contribution in [0.5, 0.6) is 5.75 Å². The number of ether oxygens (including phenoxy) is 2. The number of benzene rings is 1. The van der Waals surface area contributed by atoms with Gasteiger partial charge in [0.2, 0.25) is 0 Å². The van der Waals surface area contributed by atoms with Crippen molar-refractivity contribution < 1.29 is 23.5 Å². The van der Waals surface area contributed by atoms with Gasteiger partial charge in [0.1, 0.15) is 24.1 Å². The molecule has 1 aliphatic heterocycles. The number of hydrogen-bond donors (Lipinski definition) is 0. The molecule has 0 bridgehead atoms. The van der Waals surface area contributed by atoms with Crippen LogP contribution >= 0.6 is 0 Å². The first-order chi connectivity index (χ1) is 18.5. The second-order valence-electron chi connectivity index (χ2n) is 11.2. The van der Waals surface area contributed by atoms with Gasteiger partial charge in [-0.1, -0.05) is 12.8 Å². The molecule has 1 aromatic carbocycles. The molecule has 2 fully saturated rings. The van der Waals surface area contributed by atoms with Crippen molar-refractivity contribution in [2.24, 2.45) is 11.8 Å². The summed E-state index contributed by atoms with van der Waals surface area (Å²) in [6, 6.07) is 6.27. The van der Waals surface area contributed by atoms with Gasteiger partial charge in [-0.25, -0.2) is 20.5 Å². The third kappa shape index (κ3) is 5.10. The van der Waals surface area contributed by atoms with Crippen LogP contribution in [0.1, 0.15) is 68.7 Å². The maximum Gasteiger partial charge on any atom is 0.317 e. The Morgan fingerprint density at radius 2 is 1.95 bits per heavy atom. The second kappa shape index (κ2) is 10.0. The van der Waals surface area contributed by atoms with E-state index in [4.69, 9.17) is 16.0 Å². The molecule has 1 saturated carbocycles. The summed E-state index contributed by atoms with van der Waals surface area (Å²) in [6.07, 6.45) is 3.65. The van der Waals surface area contributed by atoms with E-state index in [2.05, 4.69) is 19.9 Å². The van der Waals surface area contributed by atoms with Gasteiger partial charge < -0.3 is 14.3 Å². The highest BCUT2D eigenvalue weighted by molar-refractivity contribution is 6.01. The van der Waals surface area contributed by atoms with Gasteiger partial charge in [-0.15, -0.1) is 5.10 Å². The van der Waals surface area contributed by atoms with Crippen molar-refractivity contribution in [1.82, 2.24) is 19.6 Å². The van der Waals surface area contributed by atoms with Gasteiger partial charge in [0.25, 0.3) is 11.3 Å². The van der Waals surface area contributed by atoms with Crippen LogP contribution in [0, 0.1) is 38.1 Å². The molecule has 2 atom stereocenters. The standard InChI is InChI=1S/C29H32FN5O4/c1-17-12-18(2)35-27(32-17)33-25(34-35)14-21-24(36)15-29(39-26(21)37,19-8-6-7-9-19)16-38-20-10-11-22(23(30)13-20)28(3,4)31-5/h10-13,19,21H,6-9,14-16H2,1-4H3. The summed E-state index contributed by atoms with van der Waals surface area (Å²) in [4.78, 5) is 39.1. The van der Waals surface area contributed by atoms with Crippen molar-refractivity contribution in [2.75, 3.05) is 6.61 Å². The summed E-state index contributed by atoms with van der Waals surface area (Å²) < 4.78 is 28.5. The predicted octanol–water partition coefficient (Wildman–Crippen LogP) is 4.72. The lowest BCUT2D eigenvalue weighted by molar-refractivity contribution is -0.189. The van der Waals surface area contributed by atoms with Gasteiger partial charge in [-0.3, -0.25) is 9.59 Å². The van der Waals surface area contributed by atoms with Crippen LogP contribution in [0.4, 0.5) is 4.39 Å². The fourth-order valence-electron chi connectivity index (χ4n) is 5.76. The quantitative estimate of drug-likeness (QED) is 0.246. The first kappa shape index (κ1) is 26.7. The van der Waals surface area contributed by atoms with E-state index < -0.39 is 28.8 Å². The zero-order valence-corrected chi connectivity index (χ0v) is 22.7. The molecule has 3 heterocycles. The number of nitrogens with zero attached hydrogens (tertiary/aromatic N) is 5. The van der Waals surface area contributed by atoms with Crippen molar-refractivity contribution >= 4 is 17.5 Å². The maximum absolute atomic E-state index is 14.8. The normalized spacial score (nSPS) is 22.2. The van der Waals surface area contributed by atoms with Gasteiger partial charge in [0.05, 0.1) is 12.0 Å². The Bertz CT molecular complexity index is 1470. The lowest BCUT2D eigenvalue weighted by Gasteiger charge is -2.42. The highest BCUT2D eigenvalue weighted by atomic mass is 19.1. The summed E-state index contributed by atoms with van der Waals surface area (Å²) in [6.45, 7) is 14.3. The van der Waals surface area contributed by atoms with Crippen LogP contribution in [-0.2, 0) is 26.3 Å². The summed E-state index contributed by atoms with van der Waals surface area (Å²) in [7, 11) is 0. The molecule has 3 aromatic rings. The Kier molecular flexibility index (Phi) is 6.87. The molecule has 5 rings (SSSR count). The van der Waals surface area contributed by atoms with E-state index >= 15 is 0 Å². The van der Waals surface area contributed by atoms with E-state index in [-0.39, 0.29) is 42.5 Å². The summed E-state index contributed by atoms with van der Waals surface area (Å²) in [5.41, 5.74) is -0.185. The molecule has 9 nitrogen and oxygen atoms in total. The van der Waals surface area contributed by atoms with Gasteiger partial charge in [-0.05, 0) is 44.9 Å². The Morgan fingerprint density at radius 1 is 1.21 bits per heavy atom. The molecule has 10 heteroatoms. The van der Waals surface area contributed by atoms with Gasteiger partial charge in [0.15, 0.2) is 17.2 Å². The van der Waals surface area contributed by atoms with E-state index in [1.165, 1.54) is 6.07 Å². The van der Waals surface area contributed by atoms with E-state index in [1.807, 2.05) is 19.9 Å². The number of carbonyl (C=O) groups is 2. The van der Waals surface area contributed by atoms with Gasteiger partial charge in [0, 0.05) is 43.6 Å². The van der Waals surface area contributed by atoms with Crippen LogP contribution in [0.25, 0.3) is 10.6 Å². The third-order valence-electron chi connectivity index (χ3n) is 7.96. The highest BCUT2D eigenvalue weighted by Gasteiger charge is 2.52. The fourth-order valence-corrected chi connectivity index (χ4v) is 5.76. The van der Waals surface area contributed by atoms with Crippen molar-refractivity contribution in [3.8, 4) is 5.75 Å². The lowest BCUT2D eigenvalue weighted by Crippen LogP contribution is -2.55. The van der Waals surface area contributed by atoms with E-state index in [0.717, 1.165) is 37.1 Å². The van der Waals surface area contributed by atoms with Crippen LogP contribution in [0.2, 0.25) is 0 Å². The van der Waals surface area contributed by atoms with Gasteiger partial charge in [-0.2, -0.15) is 4.98 Å². The highest BCUT2D eigenvalue weighted by Crippen LogP contribution is 2.43. The molecule has 2 aliphatic rings. The van der Waals surface area contributed by atoms with E-state index in [1.54, 1.807) is 30.5 Å². The van der Waals surface area contributed by atoms with Crippen LogP contribution in [-0.4, -0.2) is 43.5 Å². The first-order valence-electron chi connectivity index (χ1n) is 13.3. The minimum absolute atomic E-state index is 0.0170. The molecule has 0 N–H and O–H groups in total. The first-order valence-corrected chi connectivity index (χ1v) is 13.3. The average Bonchev–Trinajstić information content (AvgIpc) is 3.56. The minimum atomic E-state index is -1.12. The molecule has 1 saturated heterocycles. The van der Waals surface area contributed by atoms with E-state index in [9.17, 15) is 14.0 Å². The zero-order chi connectivity index (χ0) is 27.9. The number of fused-ring (bicyclic) bond motifs is 1.